The quantitative estimate of drug-likeness (QED) is 0.808. The molecule has 1 atom stereocenters. The molecule has 0 aromatic heterocycles. The van der Waals surface area contributed by atoms with Gasteiger partial charge in [-0.25, -0.2) is 0 Å². The number of ether oxygens (including phenoxy) is 3. The summed E-state index contributed by atoms with van der Waals surface area (Å²) in [7, 11) is 4.74. The van der Waals surface area contributed by atoms with Crippen LogP contribution >= 0.6 is 0 Å². The number of likely N-dealkylation sites (tertiary alicyclic amines) is 1. The van der Waals surface area contributed by atoms with Crippen LogP contribution in [0.1, 0.15) is 38.2 Å². The van der Waals surface area contributed by atoms with Crippen molar-refractivity contribution in [2.24, 2.45) is 0 Å². The SMILES string of the molecule is CCC1CCCCN1C(=O)Cc1cc(OC)c(OC)c(OC)c1. The van der Waals surface area contributed by atoms with Crippen molar-refractivity contribution >= 4 is 5.91 Å². The van der Waals surface area contributed by atoms with Gasteiger partial charge >= 0.3 is 0 Å². The van der Waals surface area contributed by atoms with E-state index in [-0.39, 0.29) is 5.91 Å². The van der Waals surface area contributed by atoms with Gasteiger partial charge in [-0.1, -0.05) is 6.92 Å². The molecule has 0 radical (unpaired) electrons. The van der Waals surface area contributed by atoms with E-state index in [0.29, 0.717) is 29.7 Å². The van der Waals surface area contributed by atoms with E-state index >= 15 is 0 Å². The number of methoxy groups -OCH3 is 3. The van der Waals surface area contributed by atoms with Gasteiger partial charge in [0.2, 0.25) is 11.7 Å². The summed E-state index contributed by atoms with van der Waals surface area (Å²) in [6.45, 7) is 3.01. The number of piperidine rings is 1. The van der Waals surface area contributed by atoms with Gasteiger partial charge in [-0.2, -0.15) is 0 Å². The maximum absolute atomic E-state index is 12.7. The third-order valence-electron chi connectivity index (χ3n) is 4.50. The minimum Gasteiger partial charge on any atom is -0.493 e. The molecule has 0 saturated carbocycles. The average molecular weight is 321 g/mol. The van der Waals surface area contributed by atoms with Crippen LogP contribution in [0.2, 0.25) is 0 Å². The van der Waals surface area contributed by atoms with Crippen molar-refractivity contribution in [3.63, 3.8) is 0 Å². The first-order valence-electron chi connectivity index (χ1n) is 8.22. The molecular formula is C18H27NO4. The summed E-state index contributed by atoms with van der Waals surface area (Å²) in [5.74, 6) is 1.89. The van der Waals surface area contributed by atoms with Crippen LogP contribution in [-0.4, -0.2) is 44.7 Å². The van der Waals surface area contributed by atoms with Gasteiger partial charge in [0.15, 0.2) is 11.5 Å². The number of amides is 1. The largest absolute Gasteiger partial charge is 0.493 e. The Bertz CT molecular complexity index is 519. The van der Waals surface area contributed by atoms with E-state index in [4.69, 9.17) is 14.2 Å². The van der Waals surface area contributed by atoms with Gasteiger partial charge in [-0.15, -0.1) is 0 Å². The molecule has 1 heterocycles. The van der Waals surface area contributed by atoms with E-state index < -0.39 is 0 Å². The molecule has 0 spiro atoms. The maximum atomic E-state index is 12.7. The van der Waals surface area contributed by atoms with Crippen molar-refractivity contribution in [2.75, 3.05) is 27.9 Å². The summed E-state index contributed by atoms with van der Waals surface area (Å²) in [6, 6.07) is 4.08. The zero-order chi connectivity index (χ0) is 16.8. The van der Waals surface area contributed by atoms with Crippen LogP contribution in [0.3, 0.4) is 0 Å². The Labute approximate surface area is 138 Å². The van der Waals surface area contributed by atoms with Crippen molar-refractivity contribution in [2.45, 2.75) is 45.1 Å². The number of carbonyl (C=O) groups is 1. The molecule has 0 N–H and O–H groups in total. The highest BCUT2D eigenvalue weighted by atomic mass is 16.5. The summed E-state index contributed by atoms with van der Waals surface area (Å²) in [4.78, 5) is 14.7. The maximum Gasteiger partial charge on any atom is 0.227 e. The number of hydrogen-bond donors (Lipinski definition) is 0. The van der Waals surface area contributed by atoms with Crippen molar-refractivity contribution in [3.05, 3.63) is 17.7 Å². The number of carbonyl (C=O) groups excluding carboxylic acids is 1. The van der Waals surface area contributed by atoms with Crippen LogP contribution in [-0.2, 0) is 11.2 Å². The predicted octanol–water partition coefficient (Wildman–Crippen LogP) is 3.05. The standard InChI is InChI=1S/C18H27NO4/c1-5-14-8-6-7-9-19(14)17(20)12-13-10-15(21-2)18(23-4)16(11-13)22-3/h10-11,14H,5-9,12H2,1-4H3. The van der Waals surface area contributed by atoms with Crippen molar-refractivity contribution in [3.8, 4) is 17.2 Å². The summed E-state index contributed by atoms with van der Waals surface area (Å²) < 4.78 is 16.0. The molecule has 0 aliphatic carbocycles. The third kappa shape index (κ3) is 3.89. The van der Waals surface area contributed by atoms with E-state index in [1.165, 1.54) is 6.42 Å². The van der Waals surface area contributed by atoms with E-state index in [9.17, 15) is 4.79 Å². The van der Waals surface area contributed by atoms with Gasteiger partial charge in [0.25, 0.3) is 0 Å². The van der Waals surface area contributed by atoms with Gasteiger partial charge in [0, 0.05) is 12.6 Å². The smallest absolute Gasteiger partial charge is 0.227 e. The molecule has 23 heavy (non-hydrogen) atoms. The minimum atomic E-state index is 0.172. The fourth-order valence-corrected chi connectivity index (χ4v) is 3.27. The van der Waals surface area contributed by atoms with Crippen LogP contribution in [0, 0.1) is 0 Å². The summed E-state index contributed by atoms with van der Waals surface area (Å²) in [5.41, 5.74) is 0.880. The summed E-state index contributed by atoms with van der Waals surface area (Å²) >= 11 is 0. The summed E-state index contributed by atoms with van der Waals surface area (Å²) in [6.07, 6.45) is 4.79. The Morgan fingerprint density at radius 3 is 2.30 bits per heavy atom. The Kier molecular flexibility index (Phi) is 6.13. The number of benzene rings is 1. The molecule has 0 bridgehead atoms. The van der Waals surface area contributed by atoms with E-state index in [1.54, 1.807) is 21.3 Å². The first kappa shape index (κ1) is 17.4. The molecule has 2 rings (SSSR count). The van der Waals surface area contributed by atoms with Crippen LogP contribution in [0.15, 0.2) is 12.1 Å². The first-order chi connectivity index (χ1) is 11.1. The van der Waals surface area contributed by atoms with E-state index in [1.807, 2.05) is 17.0 Å². The van der Waals surface area contributed by atoms with Gasteiger partial charge in [0.1, 0.15) is 0 Å². The second-order valence-electron chi connectivity index (χ2n) is 5.86. The van der Waals surface area contributed by atoms with Crippen LogP contribution < -0.4 is 14.2 Å². The lowest BCUT2D eigenvalue weighted by Gasteiger charge is -2.35. The van der Waals surface area contributed by atoms with Gasteiger partial charge in [-0.05, 0) is 43.4 Å². The van der Waals surface area contributed by atoms with Gasteiger partial charge < -0.3 is 19.1 Å². The molecule has 5 nitrogen and oxygen atoms in total. The number of hydrogen-bond acceptors (Lipinski definition) is 4. The molecular weight excluding hydrogens is 294 g/mol. The first-order valence-corrected chi connectivity index (χ1v) is 8.22. The van der Waals surface area contributed by atoms with Crippen molar-refractivity contribution < 1.29 is 19.0 Å². The van der Waals surface area contributed by atoms with Gasteiger partial charge in [-0.3, -0.25) is 4.79 Å². The lowest BCUT2D eigenvalue weighted by molar-refractivity contribution is -0.134. The highest BCUT2D eigenvalue weighted by molar-refractivity contribution is 5.79. The van der Waals surface area contributed by atoms with Crippen LogP contribution in [0.4, 0.5) is 0 Å². The molecule has 1 aromatic rings. The van der Waals surface area contributed by atoms with E-state index in [2.05, 4.69) is 6.92 Å². The van der Waals surface area contributed by atoms with Crippen LogP contribution in [0.25, 0.3) is 0 Å². The molecule has 1 aliphatic rings. The molecule has 5 heteroatoms. The Hall–Kier alpha value is -1.91. The number of nitrogens with zero attached hydrogens (tertiary/aromatic N) is 1. The topological polar surface area (TPSA) is 48.0 Å². The third-order valence-corrected chi connectivity index (χ3v) is 4.50. The fraction of sp³-hybridized carbons (Fsp3) is 0.611. The highest BCUT2D eigenvalue weighted by Gasteiger charge is 2.25. The second-order valence-corrected chi connectivity index (χ2v) is 5.86. The average Bonchev–Trinajstić information content (AvgIpc) is 2.60. The fourth-order valence-electron chi connectivity index (χ4n) is 3.27. The lowest BCUT2D eigenvalue weighted by atomic mass is 9.99. The monoisotopic (exact) mass is 321 g/mol. The molecule has 1 unspecified atom stereocenters. The highest BCUT2D eigenvalue weighted by Crippen LogP contribution is 2.38. The minimum absolute atomic E-state index is 0.172. The molecule has 1 fully saturated rings. The second kappa shape index (κ2) is 8.09. The predicted molar refractivity (Wildman–Crippen MR) is 89.4 cm³/mol. The Balaban J connectivity index is 2.20. The van der Waals surface area contributed by atoms with Crippen molar-refractivity contribution in [1.29, 1.82) is 0 Å². The zero-order valence-electron chi connectivity index (χ0n) is 14.6. The Morgan fingerprint density at radius 1 is 1.13 bits per heavy atom. The molecule has 1 saturated heterocycles. The van der Waals surface area contributed by atoms with Gasteiger partial charge in [0.05, 0.1) is 27.8 Å². The molecule has 1 aliphatic heterocycles. The zero-order valence-corrected chi connectivity index (χ0v) is 14.6. The van der Waals surface area contributed by atoms with Crippen LogP contribution in [0.5, 0.6) is 17.2 Å². The molecule has 1 aromatic carbocycles. The summed E-state index contributed by atoms with van der Waals surface area (Å²) in [5, 5.41) is 0. The molecule has 128 valence electrons. The normalized spacial score (nSPS) is 17.7. The van der Waals surface area contributed by atoms with E-state index in [0.717, 1.165) is 31.4 Å². The number of rotatable bonds is 6. The Morgan fingerprint density at radius 2 is 1.78 bits per heavy atom. The molecule has 1 amide bonds. The van der Waals surface area contributed by atoms with Crippen molar-refractivity contribution in [1.82, 2.24) is 4.90 Å². The lowest BCUT2D eigenvalue weighted by Crippen LogP contribution is -2.44.